The minimum Gasteiger partial charge on any atom is -0.497 e. The number of benzene rings is 2. The van der Waals surface area contributed by atoms with Gasteiger partial charge in [0.1, 0.15) is 5.75 Å². The molecule has 114 valence electrons. The quantitative estimate of drug-likeness (QED) is 0.875. The largest absolute Gasteiger partial charge is 0.497 e. The van der Waals surface area contributed by atoms with Crippen molar-refractivity contribution in [1.29, 1.82) is 0 Å². The summed E-state index contributed by atoms with van der Waals surface area (Å²) in [7, 11) is 1.60. The fourth-order valence-electron chi connectivity index (χ4n) is 2.58. The molecule has 0 aliphatic heterocycles. The van der Waals surface area contributed by atoms with Crippen LogP contribution in [0.2, 0.25) is 10.0 Å². The molecule has 0 spiro atoms. The van der Waals surface area contributed by atoms with Crippen LogP contribution >= 0.6 is 23.2 Å². The van der Waals surface area contributed by atoms with E-state index in [1.165, 1.54) is 0 Å². The molecule has 22 heavy (non-hydrogen) atoms. The molecule has 2 aromatic rings. The summed E-state index contributed by atoms with van der Waals surface area (Å²) in [5.74, 6) is 0.865. The Hall–Kier alpha value is -1.71. The summed E-state index contributed by atoms with van der Waals surface area (Å²) in [4.78, 5) is 12.3. The maximum atomic E-state index is 12.3. The molecule has 3 rings (SSSR count). The zero-order valence-electron chi connectivity index (χ0n) is 12.0. The molecule has 2 aromatic carbocycles. The Morgan fingerprint density at radius 2 is 1.91 bits per heavy atom. The number of halogens is 2. The molecule has 5 heteroatoms. The normalized spacial score (nSPS) is 19.6. The van der Waals surface area contributed by atoms with E-state index in [2.05, 4.69) is 5.32 Å². The number of rotatable bonds is 4. The number of hydrogen-bond acceptors (Lipinski definition) is 2. The zero-order chi connectivity index (χ0) is 15.7. The van der Waals surface area contributed by atoms with E-state index < -0.39 is 0 Å². The molecular formula is C17H15Cl2NO2. The van der Waals surface area contributed by atoms with Crippen LogP contribution in [0.5, 0.6) is 5.75 Å². The number of methoxy groups -OCH3 is 1. The standard InChI is InChI=1S/C17H15Cl2NO2/c1-22-14-4-2-3-13(8-14)20-17(21)16-9-15(16)10-5-11(18)7-12(19)6-10/h2-8,15-16H,9H2,1H3,(H,20,21)/t15-,16-/m1/s1. The summed E-state index contributed by atoms with van der Waals surface area (Å²) in [6.45, 7) is 0. The molecule has 0 bridgehead atoms. The van der Waals surface area contributed by atoms with Crippen LogP contribution in [0, 0.1) is 5.92 Å². The molecule has 1 saturated carbocycles. The second-order valence-corrected chi connectivity index (χ2v) is 6.25. The first-order chi connectivity index (χ1) is 10.6. The summed E-state index contributed by atoms with van der Waals surface area (Å²) < 4.78 is 5.15. The smallest absolute Gasteiger partial charge is 0.228 e. The molecule has 3 nitrogen and oxygen atoms in total. The average Bonchev–Trinajstić information content (AvgIpc) is 3.27. The van der Waals surface area contributed by atoms with Gasteiger partial charge >= 0.3 is 0 Å². The third-order valence-electron chi connectivity index (χ3n) is 3.78. The van der Waals surface area contributed by atoms with Gasteiger partial charge in [-0.05, 0) is 48.2 Å². The Balaban J connectivity index is 1.67. The van der Waals surface area contributed by atoms with Crippen LogP contribution in [0.4, 0.5) is 5.69 Å². The molecule has 0 unspecified atom stereocenters. The van der Waals surface area contributed by atoms with Gasteiger partial charge in [-0.3, -0.25) is 4.79 Å². The van der Waals surface area contributed by atoms with E-state index >= 15 is 0 Å². The van der Waals surface area contributed by atoms with Crippen LogP contribution in [-0.2, 0) is 4.79 Å². The van der Waals surface area contributed by atoms with Gasteiger partial charge in [0.05, 0.1) is 7.11 Å². The molecule has 0 heterocycles. The summed E-state index contributed by atoms with van der Waals surface area (Å²) in [5, 5.41) is 4.12. The first-order valence-corrected chi connectivity index (χ1v) is 7.73. The lowest BCUT2D eigenvalue weighted by atomic mass is 10.1. The molecule has 1 fully saturated rings. The van der Waals surface area contributed by atoms with Gasteiger partial charge in [0, 0.05) is 27.7 Å². The van der Waals surface area contributed by atoms with Crippen molar-refractivity contribution in [2.24, 2.45) is 5.92 Å². The second kappa shape index (κ2) is 6.19. The van der Waals surface area contributed by atoms with Gasteiger partial charge < -0.3 is 10.1 Å². The highest BCUT2D eigenvalue weighted by molar-refractivity contribution is 6.34. The molecule has 0 saturated heterocycles. The summed E-state index contributed by atoms with van der Waals surface area (Å²) in [5.41, 5.74) is 1.75. The van der Waals surface area contributed by atoms with Crippen LogP contribution in [0.25, 0.3) is 0 Å². The number of anilines is 1. The number of carbonyl (C=O) groups excluding carboxylic acids is 1. The van der Waals surface area contributed by atoms with Crippen molar-refractivity contribution < 1.29 is 9.53 Å². The van der Waals surface area contributed by atoms with Crippen molar-refractivity contribution in [3.8, 4) is 5.75 Å². The molecule has 2 atom stereocenters. The highest BCUT2D eigenvalue weighted by Gasteiger charge is 2.44. The predicted molar refractivity (Wildman–Crippen MR) is 88.9 cm³/mol. The second-order valence-electron chi connectivity index (χ2n) is 5.37. The van der Waals surface area contributed by atoms with Gasteiger partial charge in [0.2, 0.25) is 5.91 Å². The zero-order valence-corrected chi connectivity index (χ0v) is 13.5. The summed E-state index contributed by atoms with van der Waals surface area (Å²) in [6.07, 6.45) is 0.812. The summed E-state index contributed by atoms with van der Waals surface area (Å²) >= 11 is 12.0. The highest BCUT2D eigenvalue weighted by atomic mass is 35.5. The summed E-state index contributed by atoms with van der Waals surface area (Å²) in [6, 6.07) is 12.8. The number of amides is 1. The Labute approximate surface area is 139 Å². The predicted octanol–water partition coefficient (Wildman–Crippen LogP) is 4.74. The van der Waals surface area contributed by atoms with Crippen molar-refractivity contribution in [1.82, 2.24) is 0 Å². The van der Waals surface area contributed by atoms with Gasteiger partial charge in [-0.1, -0.05) is 29.3 Å². The fourth-order valence-corrected chi connectivity index (χ4v) is 3.12. The van der Waals surface area contributed by atoms with E-state index in [0.29, 0.717) is 15.8 Å². The lowest BCUT2D eigenvalue weighted by Crippen LogP contribution is -2.14. The lowest BCUT2D eigenvalue weighted by molar-refractivity contribution is -0.117. The Kier molecular flexibility index (Phi) is 4.27. The topological polar surface area (TPSA) is 38.3 Å². The highest BCUT2D eigenvalue weighted by Crippen LogP contribution is 2.49. The first-order valence-electron chi connectivity index (χ1n) is 6.98. The first kappa shape index (κ1) is 15.2. The van der Waals surface area contributed by atoms with E-state index in [1.54, 1.807) is 19.2 Å². The molecule has 0 radical (unpaired) electrons. The monoisotopic (exact) mass is 335 g/mol. The SMILES string of the molecule is COc1cccc(NC(=O)[C@@H]2C[C@@H]2c2cc(Cl)cc(Cl)c2)c1. The van der Waals surface area contributed by atoms with Crippen LogP contribution in [0.1, 0.15) is 17.9 Å². The van der Waals surface area contributed by atoms with Crippen molar-refractivity contribution >= 4 is 34.8 Å². The van der Waals surface area contributed by atoms with E-state index in [1.807, 2.05) is 30.3 Å². The number of hydrogen-bond donors (Lipinski definition) is 1. The number of carbonyl (C=O) groups is 1. The van der Waals surface area contributed by atoms with E-state index in [9.17, 15) is 4.79 Å². The average molecular weight is 336 g/mol. The molecule has 1 aliphatic carbocycles. The minimum atomic E-state index is -0.0410. The van der Waals surface area contributed by atoms with E-state index in [4.69, 9.17) is 27.9 Å². The van der Waals surface area contributed by atoms with Crippen LogP contribution < -0.4 is 10.1 Å². The van der Waals surface area contributed by atoms with Gasteiger partial charge in [0.25, 0.3) is 0 Å². The van der Waals surface area contributed by atoms with Gasteiger partial charge in [-0.15, -0.1) is 0 Å². The molecule has 0 aromatic heterocycles. The molecule has 1 amide bonds. The van der Waals surface area contributed by atoms with Gasteiger partial charge in [-0.2, -0.15) is 0 Å². The van der Waals surface area contributed by atoms with Crippen molar-refractivity contribution in [2.45, 2.75) is 12.3 Å². The maximum absolute atomic E-state index is 12.3. The Bertz CT molecular complexity index is 697. The Morgan fingerprint density at radius 1 is 1.18 bits per heavy atom. The number of nitrogens with one attached hydrogen (secondary N) is 1. The van der Waals surface area contributed by atoms with Gasteiger partial charge in [0.15, 0.2) is 0 Å². The van der Waals surface area contributed by atoms with Crippen LogP contribution in [-0.4, -0.2) is 13.0 Å². The van der Waals surface area contributed by atoms with E-state index in [0.717, 1.165) is 17.7 Å². The van der Waals surface area contributed by atoms with Crippen molar-refractivity contribution in [3.05, 3.63) is 58.1 Å². The third kappa shape index (κ3) is 3.37. The van der Waals surface area contributed by atoms with E-state index in [-0.39, 0.29) is 17.7 Å². The third-order valence-corrected chi connectivity index (χ3v) is 4.21. The van der Waals surface area contributed by atoms with Crippen molar-refractivity contribution in [3.63, 3.8) is 0 Å². The lowest BCUT2D eigenvalue weighted by Gasteiger charge is -2.07. The maximum Gasteiger partial charge on any atom is 0.228 e. The minimum absolute atomic E-state index is 0.00866. The molecular weight excluding hydrogens is 321 g/mol. The molecule has 1 aliphatic rings. The van der Waals surface area contributed by atoms with Crippen LogP contribution in [0.15, 0.2) is 42.5 Å². The number of ether oxygens (including phenoxy) is 1. The Morgan fingerprint density at radius 3 is 2.59 bits per heavy atom. The van der Waals surface area contributed by atoms with Crippen molar-refractivity contribution in [2.75, 3.05) is 12.4 Å². The van der Waals surface area contributed by atoms with Crippen LogP contribution in [0.3, 0.4) is 0 Å². The molecule has 1 N–H and O–H groups in total. The van der Waals surface area contributed by atoms with Gasteiger partial charge in [-0.25, -0.2) is 0 Å². The fraction of sp³-hybridized carbons (Fsp3) is 0.235.